The lowest BCUT2D eigenvalue weighted by atomic mass is 10.2. The second-order valence-electron chi connectivity index (χ2n) is 4.09. The molecule has 6 heteroatoms. The summed E-state index contributed by atoms with van der Waals surface area (Å²) < 4.78 is 5.17. The highest BCUT2D eigenvalue weighted by Gasteiger charge is 2.10. The molecule has 0 atom stereocenters. The van der Waals surface area contributed by atoms with Crippen molar-refractivity contribution in [2.45, 2.75) is 6.42 Å². The molecule has 20 heavy (non-hydrogen) atoms. The molecular formula is C14H9N5O. The SMILES string of the molecule is N#Cc1ccc(-c2nc(Cc3ccncc3)no2)nc1. The van der Waals surface area contributed by atoms with Crippen LogP contribution in [-0.2, 0) is 6.42 Å². The second kappa shape index (κ2) is 5.28. The molecule has 3 heterocycles. The third-order valence-electron chi connectivity index (χ3n) is 2.69. The minimum Gasteiger partial charge on any atom is -0.332 e. The van der Waals surface area contributed by atoms with E-state index in [1.165, 1.54) is 6.20 Å². The maximum Gasteiger partial charge on any atom is 0.276 e. The van der Waals surface area contributed by atoms with Crippen molar-refractivity contribution in [1.29, 1.82) is 5.26 Å². The molecule has 0 unspecified atom stereocenters. The van der Waals surface area contributed by atoms with Crippen LogP contribution in [0.1, 0.15) is 17.0 Å². The van der Waals surface area contributed by atoms with Crippen LogP contribution in [0.3, 0.4) is 0 Å². The van der Waals surface area contributed by atoms with Gasteiger partial charge in [-0.2, -0.15) is 10.2 Å². The van der Waals surface area contributed by atoms with Gasteiger partial charge in [-0.1, -0.05) is 5.16 Å². The Morgan fingerprint density at radius 2 is 2.00 bits per heavy atom. The van der Waals surface area contributed by atoms with E-state index in [9.17, 15) is 0 Å². The zero-order valence-electron chi connectivity index (χ0n) is 10.4. The standard InChI is InChI=1S/C14H9N5O/c15-8-11-1-2-12(17-9-11)14-18-13(19-20-14)7-10-3-5-16-6-4-10/h1-6,9H,7H2. The molecule has 6 nitrogen and oxygen atoms in total. The highest BCUT2D eigenvalue weighted by atomic mass is 16.5. The lowest BCUT2D eigenvalue weighted by Gasteiger charge is -1.94. The number of aromatic nitrogens is 4. The molecule has 0 saturated carbocycles. The third-order valence-corrected chi connectivity index (χ3v) is 2.69. The lowest BCUT2D eigenvalue weighted by molar-refractivity contribution is 0.422. The molecule has 3 rings (SSSR count). The molecule has 0 bridgehead atoms. The Hall–Kier alpha value is -3.07. The first-order valence-corrected chi connectivity index (χ1v) is 5.93. The minimum absolute atomic E-state index is 0.346. The number of hydrogen-bond acceptors (Lipinski definition) is 6. The maximum atomic E-state index is 8.72. The molecule has 3 aromatic heterocycles. The van der Waals surface area contributed by atoms with Gasteiger partial charge in [0.05, 0.1) is 5.56 Å². The zero-order chi connectivity index (χ0) is 13.8. The van der Waals surface area contributed by atoms with E-state index < -0.39 is 0 Å². The third kappa shape index (κ3) is 2.52. The van der Waals surface area contributed by atoms with Crippen molar-refractivity contribution < 1.29 is 4.52 Å². The van der Waals surface area contributed by atoms with Gasteiger partial charge in [-0.05, 0) is 29.8 Å². The number of pyridine rings is 2. The highest BCUT2D eigenvalue weighted by Crippen LogP contribution is 2.15. The first kappa shape index (κ1) is 12.0. The first-order chi connectivity index (χ1) is 9.85. The fraction of sp³-hybridized carbons (Fsp3) is 0.0714. The summed E-state index contributed by atoms with van der Waals surface area (Å²) in [5.41, 5.74) is 2.10. The van der Waals surface area contributed by atoms with Gasteiger partial charge in [0.1, 0.15) is 11.8 Å². The van der Waals surface area contributed by atoms with E-state index in [0.29, 0.717) is 29.4 Å². The van der Waals surface area contributed by atoms with Crippen LogP contribution in [0.2, 0.25) is 0 Å². The van der Waals surface area contributed by atoms with E-state index in [0.717, 1.165) is 5.56 Å². The van der Waals surface area contributed by atoms with Crippen molar-refractivity contribution in [1.82, 2.24) is 20.1 Å². The molecule has 0 radical (unpaired) electrons. The average Bonchev–Trinajstić information content (AvgIpc) is 2.97. The summed E-state index contributed by atoms with van der Waals surface area (Å²) in [5, 5.41) is 12.6. The van der Waals surface area contributed by atoms with Crippen molar-refractivity contribution in [3.63, 3.8) is 0 Å². The molecule has 96 valence electrons. The van der Waals surface area contributed by atoms with Crippen molar-refractivity contribution in [2.24, 2.45) is 0 Å². The van der Waals surface area contributed by atoms with Gasteiger partial charge in [-0.25, -0.2) is 4.98 Å². The van der Waals surface area contributed by atoms with E-state index in [4.69, 9.17) is 9.78 Å². The van der Waals surface area contributed by atoms with Crippen LogP contribution in [0.25, 0.3) is 11.6 Å². The molecule has 0 aromatic carbocycles. The molecule has 0 fully saturated rings. The van der Waals surface area contributed by atoms with Crippen LogP contribution in [0.15, 0.2) is 47.4 Å². The molecule has 0 saturated heterocycles. The Kier molecular flexibility index (Phi) is 3.17. The molecule has 0 aliphatic carbocycles. The zero-order valence-corrected chi connectivity index (χ0v) is 10.4. The van der Waals surface area contributed by atoms with E-state index >= 15 is 0 Å². The quantitative estimate of drug-likeness (QED) is 0.718. The minimum atomic E-state index is 0.346. The summed E-state index contributed by atoms with van der Waals surface area (Å²) >= 11 is 0. The topological polar surface area (TPSA) is 88.5 Å². The lowest BCUT2D eigenvalue weighted by Crippen LogP contribution is -1.91. The molecule has 0 aliphatic rings. The van der Waals surface area contributed by atoms with Crippen molar-refractivity contribution >= 4 is 0 Å². The van der Waals surface area contributed by atoms with Gasteiger partial charge in [0.25, 0.3) is 5.89 Å². The van der Waals surface area contributed by atoms with Crippen LogP contribution in [-0.4, -0.2) is 20.1 Å². The fourth-order valence-corrected chi connectivity index (χ4v) is 1.70. The van der Waals surface area contributed by atoms with Gasteiger partial charge in [0.15, 0.2) is 5.82 Å². The largest absolute Gasteiger partial charge is 0.332 e. The molecule has 0 aliphatic heterocycles. The Bertz CT molecular complexity index is 743. The van der Waals surface area contributed by atoms with Crippen LogP contribution >= 0.6 is 0 Å². The smallest absolute Gasteiger partial charge is 0.276 e. The number of rotatable bonds is 3. The van der Waals surface area contributed by atoms with Crippen LogP contribution in [0, 0.1) is 11.3 Å². The van der Waals surface area contributed by atoms with Crippen molar-refractivity contribution in [2.75, 3.05) is 0 Å². The molecule has 0 spiro atoms. The summed E-state index contributed by atoms with van der Waals surface area (Å²) in [7, 11) is 0. The first-order valence-electron chi connectivity index (χ1n) is 5.93. The Labute approximate surface area is 114 Å². The summed E-state index contributed by atoms with van der Waals surface area (Å²) in [6, 6.07) is 9.15. The molecular weight excluding hydrogens is 254 g/mol. The summed E-state index contributed by atoms with van der Waals surface area (Å²) in [6.07, 6.45) is 5.49. The number of nitrogens with zero attached hydrogens (tertiary/aromatic N) is 5. The van der Waals surface area contributed by atoms with E-state index in [2.05, 4.69) is 20.1 Å². The van der Waals surface area contributed by atoms with E-state index in [-0.39, 0.29) is 0 Å². The monoisotopic (exact) mass is 263 g/mol. The van der Waals surface area contributed by atoms with Gasteiger partial charge < -0.3 is 4.52 Å². The predicted molar refractivity (Wildman–Crippen MR) is 69.3 cm³/mol. The highest BCUT2D eigenvalue weighted by molar-refractivity contribution is 5.47. The van der Waals surface area contributed by atoms with E-state index in [1.54, 1.807) is 24.5 Å². The van der Waals surface area contributed by atoms with E-state index in [1.807, 2.05) is 18.2 Å². The fourth-order valence-electron chi connectivity index (χ4n) is 1.70. The summed E-state index contributed by atoms with van der Waals surface area (Å²) in [5.74, 6) is 0.927. The average molecular weight is 263 g/mol. The Balaban J connectivity index is 1.81. The van der Waals surface area contributed by atoms with Gasteiger partial charge in [-0.15, -0.1) is 0 Å². The number of nitriles is 1. The predicted octanol–water partition coefficient (Wildman–Crippen LogP) is 1.99. The Morgan fingerprint density at radius 1 is 1.15 bits per heavy atom. The maximum absolute atomic E-state index is 8.72. The van der Waals surface area contributed by atoms with Crippen molar-refractivity contribution in [3.05, 3.63) is 59.8 Å². The van der Waals surface area contributed by atoms with Gasteiger partial charge in [0.2, 0.25) is 0 Å². The van der Waals surface area contributed by atoms with Gasteiger partial charge in [0, 0.05) is 25.0 Å². The van der Waals surface area contributed by atoms with Crippen LogP contribution in [0.4, 0.5) is 0 Å². The van der Waals surface area contributed by atoms with Crippen LogP contribution < -0.4 is 0 Å². The molecule has 0 N–H and O–H groups in total. The summed E-state index contributed by atoms with van der Waals surface area (Å²) in [4.78, 5) is 12.4. The second-order valence-corrected chi connectivity index (χ2v) is 4.09. The van der Waals surface area contributed by atoms with Crippen molar-refractivity contribution in [3.8, 4) is 17.7 Å². The Morgan fingerprint density at radius 3 is 2.70 bits per heavy atom. The van der Waals surface area contributed by atoms with Gasteiger partial charge >= 0.3 is 0 Å². The van der Waals surface area contributed by atoms with Gasteiger partial charge in [-0.3, -0.25) is 4.98 Å². The van der Waals surface area contributed by atoms with Crippen LogP contribution in [0.5, 0.6) is 0 Å². The number of hydrogen-bond donors (Lipinski definition) is 0. The normalized spacial score (nSPS) is 10.2. The molecule has 3 aromatic rings. The summed E-state index contributed by atoms with van der Waals surface area (Å²) in [6.45, 7) is 0. The molecule has 0 amide bonds.